The van der Waals surface area contributed by atoms with E-state index in [1.165, 1.54) is 12.1 Å². The van der Waals surface area contributed by atoms with Gasteiger partial charge in [-0.15, -0.1) is 0 Å². The second-order valence-corrected chi connectivity index (χ2v) is 6.79. The number of β-amino-alcohol motifs (C(OH)–C–C–N with tert-alkyl or cyclic N) is 1. The lowest BCUT2D eigenvalue weighted by atomic mass is 10.1. The Balaban J connectivity index is 1.57. The lowest BCUT2D eigenvalue weighted by Crippen LogP contribution is -2.47. The van der Waals surface area contributed by atoms with Crippen molar-refractivity contribution in [1.29, 1.82) is 0 Å². The minimum absolute atomic E-state index is 0.223. The van der Waals surface area contributed by atoms with Crippen LogP contribution in [0, 0.1) is 5.82 Å². The lowest BCUT2D eigenvalue weighted by molar-refractivity contribution is 0.109. The molecule has 1 aliphatic rings. The van der Waals surface area contributed by atoms with Gasteiger partial charge in [0.15, 0.2) is 0 Å². The molecule has 3 nitrogen and oxygen atoms in total. The van der Waals surface area contributed by atoms with Gasteiger partial charge in [0.2, 0.25) is 0 Å². The lowest BCUT2D eigenvalue weighted by Gasteiger charge is -2.37. The topological polar surface area (TPSA) is 26.7 Å². The maximum Gasteiger partial charge on any atom is 0.123 e. The molecule has 1 aliphatic heterocycles. The first-order chi connectivity index (χ1) is 11.5. The van der Waals surface area contributed by atoms with Crippen molar-refractivity contribution in [2.24, 2.45) is 0 Å². The standard InChI is InChI=1S/C18H19Cl2FN2O/c19-13-1-6-17(20)16(11-13)18(24)12-22-7-9-23(10-8-22)15-4-2-14(21)3-5-15/h1-6,11,18,24H,7-10,12H2. The summed E-state index contributed by atoms with van der Waals surface area (Å²) in [5.74, 6) is -0.223. The van der Waals surface area contributed by atoms with Crippen molar-refractivity contribution in [3.05, 3.63) is 63.9 Å². The van der Waals surface area contributed by atoms with Crippen LogP contribution in [0.15, 0.2) is 42.5 Å². The fourth-order valence-corrected chi connectivity index (χ4v) is 3.38. The van der Waals surface area contributed by atoms with E-state index in [9.17, 15) is 9.50 Å². The van der Waals surface area contributed by atoms with Gasteiger partial charge in [-0.3, -0.25) is 4.90 Å². The predicted molar refractivity (Wildman–Crippen MR) is 96.5 cm³/mol. The molecule has 1 heterocycles. The minimum Gasteiger partial charge on any atom is -0.387 e. The number of halogens is 3. The quantitative estimate of drug-likeness (QED) is 0.883. The number of nitrogens with zero attached hydrogens (tertiary/aromatic N) is 2. The molecule has 3 rings (SSSR count). The molecule has 1 unspecified atom stereocenters. The number of rotatable bonds is 4. The summed E-state index contributed by atoms with van der Waals surface area (Å²) in [7, 11) is 0. The van der Waals surface area contributed by atoms with Gasteiger partial charge < -0.3 is 10.0 Å². The van der Waals surface area contributed by atoms with E-state index < -0.39 is 6.10 Å². The Hall–Kier alpha value is -1.33. The van der Waals surface area contributed by atoms with Crippen LogP contribution in [0.3, 0.4) is 0 Å². The number of hydrogen-bond acceptors (Lipinski definition) is 3. The van der Waals surface area contributed by atoms with Crippen LogP contribution < -0.4 is 4.90 Å². The maximum absolute atomic E-state index is 13.0. The second-order valence-electron chi connectivity index (χ2n) is 5.95. The highest BCUT2D eigenvalue weighted by molar-refractivity contribution is 6.33. The summed E-state index contributed by atoms with van der Waals surface area (Å²) in [6, 6.07) is 11.7. The molecule has 0 amide bonds. The van der Waals surface area contributed by atoms with Crippen molar-refractivity contribution < 1.29 is 9.50 Å². The molecule has 0 saturated carbocycles. The Kier molecular flexibility index (Phi) is 5.61. The van der Waals surface area contributed by atoms with Gasteiger partial charge in [0.05, 0.1) is 6.10 Å². The van der Waals surface area contributed by atoms with Gasteiger partial charge in [-0.25, -0.2) is 4.39 Å². The SMILES string of the molecule is OC(CN1CCN(c2ccc(F)cc2)CC1)c1cc(Cl)ccc1Cl. The maximum atomic E-state index is 13.0. The van der Waals surface area contributed by atoms with E-state index in [1.54, 1.807) is 30.3 Å². The summed E-state index contributed by atoms with van der Waals surface area (Å²) in [4.78, 5) is 4.41. The molecular weight excluding hydrogens is 350 g/mol. The van der Waals surface area contributed by atoms with Gasteiger partial charge in [0, 0.05) is 54.0 Å². The van der Waals surface area contributed by atoms with E-state index in [0.717, 1.165) is 31.9 Å². The van der Waals surface area contributed by atoms with Crippen LogP contribution in [0.25, 0.3) is 0 Å². The van der Waals surface area contributed by atoms with Gasteiger partial charge in [-0.1, -0.05) is 23.2 Å². The number of hydrogen-bond donors (Lipinski definition) is 1. The molecule has 2 aromatic rings. The highest BCUT2D eigenvalue weighted by atomic mass is 35.5. The zero-order chi connectivity index (χ0) is 17.1. The number of piperazine rings is 1. The molecule has 1 fully saturated rings. The fourth-order valence-electron chi connectivity index (χ4n) is 2.95. The van der Waals surface area contributed by atoms with Crippen molar-refractivity contribution in [2.45, 2.75) is 6.10 Å². The first-order valence-electron chi connectivity index (χ1n) is 7.89. The average molecular weight is 369 g/mol. The van der Waals surface area contributed by atoms with Crippen molar-refractivity contribution in [3.8, 4) is 0 Å². The van der Waals surface area contributed by atoms with Gasteiger partial charge in [-0.2, -0.15) is 0 Å². The van der Waals surface area contributed by atoms with Crippen LogP contribution in [0.4, 0.5) is 10.1 Å². The summed E-state index contributed by atoms with van der Waals surface area (Å²) < 4.78 is 13.0. The van der Waals surface area contributed by atoms with Crippen molar-refractivity contribution >= 4 is 28.9 Å². The Morgan fingerprint density at radius 3 is 2.33 bits per heavy atom. The molecule has 0 aliphatic carbocycles. The zero-order valence-electron chi connectivity index (χ0n) is 13.1. The van der Waals surface area contributed by atoms with Crippen molar-refractivity contribution in [2.75, 3.05) is 37.6 Å². The van der Waals surface area contributed by atoms with Crippen LogP contribution in [-0.2, 0) is 0 Å². The largest absolute Gasteiger partial charge is 0.387 e. The number of benzene rings is 2. The van der Waals surface area contributed by atoms with E-state index >= 15 is 0 Å². The van der Waals surface area contributed by atoms with Crippen LogP contribution in [0.5, 0.6) is 0 Å². The normalized spacial score (nSPS) is 17.1. The summed E-state index contributed by atoms with van der Waals surface area (Å²) in [5, 5.41) is 11.5. The van der Waals surface area contributed by atoms with E-state index in [-0.39, 0.29) is 5.82 Å². The fraction of sp³-hybridized carbons (Fsp3) is 0.333. The van der Waals surface area contributed by atoms with Gasteiger partial charge >= 0.3 is 0 Å². The number of anilines is 1. The molecule has 1 N–H and O–H groups in total. The zero-order valence-corrected chi connectivity index (χ0v) is 14.6. The molecule has 2 aromatic carbocycles. The Morgan fingerprint density at radius 1 is 1.00 bits per heavy atom. The van der Waals surface area contributed by atoms with Gasteiger partial charge in [-0.05, 0) is 42.5 Å². The number of aliphatic hydroxyl groups is 1. The number of aliphatic hydroxyl groups excluding tert-OH is 1. The molecule has 0 bridgehead atoms. The predicted octanol–water partition coefficient (Wildman–Crippen LogP) is 3.99. The van der Waals surface area contributed by atoms with Crippen LogP contribution in [-0.4, -0.2) is 42.7 Å². The summed E-state index contributed by atoms with van der Waals surface area (Å²) in [5.41, 5.74) is 1.68. The molecule has 0 radical (unpaired) electrons. The molecule has 0 aromatic heterocycles. The molecule has 0 spiro atoms. The highest BCUT2D eigenvalue weighted by Crippen LogP contribution is 2.27. The van der Waals surface area contributed by atoms with Crippen molar-refractivity contribution in [3.63, 3.8) is 0 Å². The highest BCUT2D eigenvalue weighted by Gasteiger charge is 2.21. The molecule has 1 saturated heterocycles. The van der Waals surface area contributed by atoms with Gasteiger partial charge in [0.1, 0.15) is 5.82 Å². The molecule has 128 valence electrons. The van der Waals surface area contributed by atoms with Crippen LogP contribution in [0.2, 0.25) is 10.0 Å². The van der Waals surface area contributed by atoms with E-state index in [1.807, 2.05) is 0 Å². The first-order valence-corrected chi connectivity index (χ1v) is 8.64. The third-order valence-corrected chi connectivity index (χ3v) is 4.89. The molecule has 6 heteroatoms. The third-order valence-electron chi connectivity index (χ3n) is 4.31. The summed E-state index contributed by atoms with van der Waals surface area (Å²) >= 11 is 12.1. The smallest absolute Gasteiger partial charge is 0.123 e. The first kappa shape index (κ1) is 17.5. The monoisotopic (exact) mass is 368 g/mol. The molecule has 24 heavy (non-hydrogen) atoms. The van der Waals surface area contributed by atoms with Crippen molar-refractivity contribution in [1.82, 2.24) is 4.90 Å². The minimum atomic E-state index is -0.673. The van der Waals surface area contributed by atoms with Crippen LogP contribution >= 0.6 is 23.2 Å². The molecular formula is C18H19Cl2FN2O. The Morgan fingerprint density at radius 2 is 1.67 bits per heavy atom. The average Bonchev–Trinajstić information content (AvgIpc) is 2.58. The third kappa shape index (κ3) is 4.19. The molecule has 1 atom stereocenters. The Labute approximate surface area is 151 Å². The van der Waals surface area contributed by atoms with E-state index in [0.29, 0.717) is 22.2 Å². The van der Waals surface area contributed by atoms with E-state index in [2.05, 4.69) is 9.80 Å². The summed E-state index contributed by atoms with van der Waals surface area (Å²) in [6.07, 6.45) is -0.673. The Bertz CT molecular complexity index is 688. The van der Waals surface area contributed by atoms with Gasteiger partial charge in [0.25, 0.3) is 0 Å². The second kappa shape index (κ2) is 7.70. The van der Waals surface area contributed by atoms with Crippen LogP contribution in [0.1, 0.15) is 11.7 Å². The van der Waals surface area contributed by atoms with E-state index in [4.69, 9.17) is 23.2 Å². The summed E-state index contributed by atoms with van der Waals surface area (Å²) in [6.45, 7) is 3.83.